The lowest BCUT2D eigenvalue weighted by atomic mass is 9.87. The van der Waals surface area contributed by atoms with Gasteiger partial charge in [-0.25, -0.2) is 0 Å². The Kier molecular flexibility index (Phi) is 3.56. The number of H-pyrrole nitrogens is 2. The van der Waals surface area contributed by atoms with Crippen molar-refractivity contribution in [2.75, 3.05) is 5.32 Å². The molecule has 5 nitrogen and oxygen atoms in total. The van der Waals surface area contributed by atoms with Gasteiger partial charge >= 0.3 is 0 Å². The van der Waals surface area contributed by atoms with Gasteiger partial charge < -0.3 is 15.3 Å². The van der Waals surface area contributed by atoms with Gasteiger partial charge in [-0.2, -0.15) is 0 Å². The van der Waals surface area contributed by atoms with Gasteiger partial charge in [-0.15, -0.1) is 0 Å². The van der Waals surface area contributed by atoms with Gasteiger partial charge in [0.1, 0.15) is 11.4 Å². The van der Waals surface area contributed by atoms with Crippen molar-refractivity contribution in [1.29, 1.82) is 0 Å². The van der Waals surface area contributed by atoms with E-state index in [4.69, 9.17) is 0 Å². The van der Waals surface area contributed by atoms with Crippen LogP contribution in [-0.4, -0.2) is 15.9 Å². The number of aromatic nitrogens is 2. The third-order valence-electron chi connectivity index (χ3n) is 3.81. The Bertz CT molecular complexity index is 929. The number of anilines is 1. The van der Waals surface area contributed by atoms with Crippen molar-refractivity contribution < 1.29 is 4.79 Å². The molecule has 2 heterocycles. The number of carbonyl (C=O) groups excluding carboxylic acids is 1. The van der Waals surface area contributed by atoms with Gasteiger partial charge in [0.05, 0.1) is 0 Å². The highest BCUT2D eigenvalue weighted by atomic mass is 16.2. The molecular formula is C18H19N3O2. The van der Waals surface area contributed by atoms with Crippen molar-refractivity contribution in [3.05, 3.63) is 64.2 Å². The molecule has 0 saturated carbocycles. The van der Waals surface area contributed by atoms with Crippen LogP contribution < -0.4 is 10.7 Å². The minimum Gasteiger partial charge on any atom is -0.366 e. The van der Waals surface area contributed by atoms with Crippen LogP contribution in [0.4, 0.5) is 5.69 Å². The smallest absolute Gasteiger partial charge is 0.272 e. The average Bonchev–Trinajstić information content (AvgIpc) is 2.92. The third kappa shape index (κ3) is 3.04. The van der Waals surface area contributed by atoms with Gasteiger partial charge in [0, 0.05) is 29.4 Å². The third-order valence-corrected chi connectivity index (χ3v) is 3.81. The molecule has 23 heavy (non-hydrogen) atoms. The summed E-state index contributed by atoms with van der Waals surface area (Å²) in [6, 6.07) is 9.28. The topological polar surface area (TPSA) is 77.8 Å². The van der Waals surface area contributed by atoms with Crippen LogP contribution in [0.2, 0.25) is 0 Å². The fourth-order valence-corrected chi connectivity index (χ4v) is 2.42. The molecule has 1 aromatic carbocycles. The zero-order chi connectivity index (χ0) is 16.6. The number of pyridine rings is 1. The largest absolute Gasteiger partial charge is 0.366 e. The molecule has 1 amide bonds. The molecule has 0 aliphatic heterocycles. The van der Waals surface area contributed by atoms with Crippen LogP contribution in [0.1, 0.15) is 36.8 Å². The Balaban J connectivity index is 1.93. The van der Waals surface area contributed by atoms with Crippen LogP contribution in [0.25, 0.3) is 10.9 Å². The zero-order valence-corrected chi connectivity index (χ0v) is 13.4. The lowest BCUT2D eigenvalue weighted by molar-refractivity contribution is 0.102. The van der Waals surface area contributed by atoms with E-state index in [1.165, 1.54) is 24.0 Å². The molecule has 118 valence electrons. The van der Waals surface area contributed by atoms with Crippen molar-refractivity contribution in [3.63, 3.8) is 0 Å². The minimum absolute atomic E-state index is 0.0407. The van der Waals surface area contributed by atoms with E-state index >= 15 is 0 Å². The van der Waals surface area contributed by atoms with Gasteiger partial charge in [0.15, 0.2) is 0 Å². The number of nitrogens with one attached hydrogen (secondary N) is 3. The summed E-state index contributed by atoms with van der Waals surface area (Å²) in [5, 5.41) is 3.58. The van der Waals surface area contributed by atoms with Crippen molar-refractivity contribution in [3.8, 4) is 0 Å². The second-order valence-corrected chi connectivity index (χ2v) is 6.61. The molecule has 0 atom stereocenters. The maximum absolute atomic E-state index is 12.3. The van der Waals surface area contributed by atoms with Gasteiger partial charge in [-0.05, 0) is 23.1 Å². The number of hydrogen-bond acceptors (Lipinski definition) is 2. The molecule has 0 spiro atoms. The Morgan fingerprint density at radius 3 is 2.61 bits per heavy atom. The van der Waals surface area contributed by atoms with E-state index in [-0.39, 0.29) is 22.4 Å². The number of amides is 1. The van der Waals surface area contributed by atoms with Crippen LogP contribution in [0, 0.1) is 0 Å². The van der Waals surface area contributed by atoms with E-state index in [1.54, 1.807) is 6.07 Å². The number of fused-ring (bicyclic) bond motifs is 1. The molecule has 0 unspecified atom stereocenters. The number of rotatable bonds is 2. The van der Waals surface area contributed by atoms with Crippen LogP contribution >= 0.6 is 0 Å². The van der Waals surface area contributed by atoms with E-state index in [2.05, 4.69) is 48.2 Å². The second-order valence-electron chi connectivity index (χ2n) is 6.61. The maximum Gasteiger partial charge on any atom is 0.272 e. The Morgan fingerprint density at radius 1 is 1.13 bits per heavy atom. The van der Waals surface area contributed by atoms with Crippen molar-refractivity contribution >= 4 is 22.5 Å². The SMILES string of the molecule is CC(C)(C)c1ccc2cc(C(=O)Nc3c[nH]ccc3=O)[nH]c2c1. The lowest BCUT2D eigenvalue weighted by Crippen LogP contribution is -2.18. The quantitative estimate of drug-likeness (QED) is 0.678. The highest BCUT2D eigenvalue weighted by Crippen LogP contribution is 2.26. The molecule has 3 aromatic rings. The molecule has 0 aliphatic rings. The van der Waals surface area contributed by atoms with Crippen molar-refractivity contribution in [2.24, 2.45) is 0 Å². The molecule has 3 N–H and O–H groups in total. The molecular weight excluding hydrogens is 290 g/mol. The highest BCUT2D eigenvalue weighted by molar-refractivity contribution is 6.05. The Labute approximate surface area is 133 Å². The number of benzene rings is 1. The molecule has 0 bridgehead atoms. The predicted octanol–water partition coefficient (Wildman–Crippen LogP) is 3.41. The summed E-state index contributed by atoms with van der Waals surface area (Å²) in [5.74, 6) is -0.338. The van der Waals surface area contributed by atoms with Crippen LogP contribution in [0.3, 0.4) is 0 Å². The molecule has 0 radical (unpaired) electrons. The first-order valence-electron chi connectivity index (χ1n) is 7.46. The molecule has 3 rings (SSSR count). The highest BCUT2D eigenvalue weighted by Gasteiger charge is 2.16. The second kappa shape index (κ2) is 5.43. The normalized spacial score (nSPS) is 11.6. The summed E-state index contributed by atoms with van der Waals surface area (Å²) in [4.78, 5) is 29.9. The van der Waals surface area contributed by atoms with E-state index in [0.29, 0.717) is 5.69 Å². The average molecular weight is 309 g/mol. The summed E-state index contributed by atoms with van der Waals surface area (Å²) in [6.07, 6.45) is 3.00. The van der Waals surface area contributed by atoms with E-state index < -0.39 is 0 Å². The summed E-state index contributed by atoms with van der Waals surface area (Å²) >= 11 is 0. The van der Waals surface area contributed by atoms with Gasteiger partial charge in [-0.1, -0.05) is 32.9 Å². The van der Waals surface area contributed by atoms with Crippen LogP contribution in [0.15, 0.2) is 47.5 Å². The molecule has 0 saturated heterocycles. The minimum atomic E-state index is -0.338. The summed E-state index contributed by atoms with van der Waals surface area (Å²) in [6.45, 7) is 6.44. The van der Waals surface area contributed by atoms with Crippen LogP contribution in [0.5, 0.6) is 0 Å². The number of hydrogen-bond donors (Lipinski definition) is 3. The maximum atomic E-state index is 12.3. The summed E-state index contributed by atoms with van der Waals surface area (Å²) in [7, 11) is 0. The first-order valence-corrected chi connectivity index (χ1v) is 7.46. The van der Waals surface area contributed by atoms with Gasteiger partial charge in [-0.3, -0.25) is 9.59 Å². The monoisotopic (exact) mass is 309 g/mol. The summed E-state index contributed by atoms with van der Waals surface area (Å²) in [5.41, 5.74) is 2.56. The lowest BCUT2D eigenvalue weighted by Gasteiger charge is -2.18. The molecule has 0 fully saturated rings. The number of carbonyl (C=O) groups is 1. The first-order chi connectivity index (χ1) is 10.8. The Hall–Kier alpha value is -2.82. The van der Waals surface area contributed by atoms with Crippen molar-refractivity contribution in [1.82, 2.24) is 9.97 Å². The van der Waals surface area contributed by atoms with Gasteiger partial charge in [0.25, 0.3) is 5.91 Å². The number of aromatic amines is 2. The van der Waals surface area contributed by atoms with E-state index in [1.807, 2.05) is 6.07 Å². The predicted molar refractivity (Wildman–Crippen MR) is 92.0 cm³/mol. The zero-order valence-electron chi connectivity index (χ0n) is 13.4. The molecule has 2 aromatic heterocycles. The van der Waals surface area contributed by atoms with E-state index in [0.717, 1.165) is 10.9 Å². The standard InChI is InChI=1S/C18H19N3O2/c1-18(2,3)12-5-4-11-8-14(20-13(11)9-12)17(23)21-15-10-19-7-6-16(15)22/h4-10,20H,1-3H3,(H,19,22)(H,21,23). The fraction of sp³-hybridized carbons (Fsp3) is 0.222. The first kappa shape index (κ1) is 15.1. The fourth-order valence-electron chi connectivity index (χ4n) is 2.42. The van der Waals surface area contributed by atoms with E-state index in [9.17, 15) is 9.59 Å². The Morgan fingerprint density at radius 2 is 1.91 bits per heavy atom. The van der Waals surface area contributed by atoms with Gasteiger partial charge in [0.2, 0.25) is 5.43 Å². The van der Waals surface area contributed by atoms with Crippen molar-refractivity contribution in [2.45, 2.75) is 26.2 Å². The molecule has 5 heteroatoms. The summed E-state index contributed by atoms with van der Waals surface area (Å²) < 4.78 is 0. The van der Waals surface area contributed by atoms with Crippen LogP contribution in [-0.2, 0) is 5.41 Å². The molecule has 0 aliphatic carbocycles.